The van der Waals surface area contributed by atoms with Gasteiger partial charge in [-0.3, -0.25) is 4.79 Å². The molecular formula is C5H7BrO2. The molecule has 0 bridgehead atoms. The molecule has 0 aromatic carbocycles. The van der Waals surface area contributed by atoms with Gasteiger partial charge in [-0.2, -0.15) is 0 Å². The maximum absolute atomic E-state index is 10.5. The van der Waals surface area contributed by atoms with E-state index in [1.54, 1.807) is 0 Å². The van der Waals surface area contributed by atoms with Crippen LogP contribution >= 0.6 is 15.9 Å². The number of alkyl halides is 1. The Morgan fingerprint density at radius 1 is 1.88 bits per heavy atom. The molecular weight excluding hydrogens is 172 g/mol. The molecule has 0 aliphatic heterocycles. The Bertz CT molecular complexity index is 113. The van der Waals surface area contributed by atoms with E-state index in [2.05, 4.69) is 20.7 Å². The van der Waals surface area contributed by atoms with Crippen LogP contribution < -0.4 is 0 Å². The van der Waals surface area contributed by atoms with Crippen LogP contribution in [0.2, 0.25) is 0 Å². The molecule has 1 aliphatic rings. The quantitative estimate of drug-likeness (QED) is 0.442. The van der Waals surface area contributed by atoms with Crippen molar-refractivity contribution >= 4 is 21.9 Å². The van der Waals surface area contributed by atoms with Gasteiger partial charge >= 0.3 is 5.97 Å². The smallest absolute Gasteiger partial charge is 0.309 e. The predicted octanol–water partition coefficient (Wildman–Crippen LogP) is 0.943. The summed E-state index contributed by atoms with van der Waals surface area (Å²) in [6.07, 6.45) is 0.937. The molecule has 0 unspecified atom stereocenters. The second kappa shape index (κ2) is 2.05. The highest BCUT2D eigenvalue weighted by molar-refractivity contribution is 9.09. The van der Waals surface area contributed by atoms with Gasteiger partial charge in [-0.1, -0.05) is 15.9 Å². The third-order valence-electron chi connectivity index (χ3n) is 1.22. The molecule has 0 aromatic rings. The molecule has 3 heteroatoms. The summed E-state index contributed by atoms with van der Waals surface area (Å²) in [7, 11) is 1.42. The Labute approximate surface area is 56.3 Å². The molecule has 1 rings (SSSR count). The van der Waals surface area contributed by atoms with Gasteiger partial charge in [0.25, 0.3) is 0 Å². The lowest BCUT2D eigenvalue weighted by Gasteiger charge is -1.90. The molecule has 2 atom stereocenters. The second-order valence-electron chi connectivity index (χ2n) is 1.88. The van der Waals surface area contributed by atoms with Gasteiger partial charge < -0.3 is 4.74 Å². The van der Waals surface area contributed by atoms with Gasteiger partial charge in [0.1, 0.15) is 0 Å². The minimum Gasteiger partial charge on any atom is -0.469 e. The zero-order valence-corrected chi connectivity index (χ0v) is 6.14. The first-order valence-corrected chi connectivity index (χ1v) is 3.39. The third kappa shape index (κ3) is 1.02. The lowest BCUT2D eigenvalue weighted by Crippen LogP contribution is -2.03. The van der Waals surface area contributed by atoms with Gasteiger partial charge in [-0.25, -0.2) is 0 Å². The molecule has 2 nitrogen and oxygen atoms in total. The van der Waals surface area contributed by atoms with Crippen molar-refractivity contribution in [1.82, 2.24) is 0 Å². The Hall–Kier alpha value is -0.0500. The number of rotatable bonds is 1. The fourth-order valence-corrected chi connectivity index (χ4v) is 1.18. The van der Waals surface area contributed by atoms with Crippen LogP contribution in [0.15, 0.2) is 0 Å². The molecule has 0 aromatic heterocycles. The summed E-state index contributed by atoms with van der Waals surface area (Å²) in [5.41, 5.74) is 0. The second-order valence-corrected chi connectivity index (χ2v) is 3.06. The topological polar surface area (TPSA) is 26.3 Å². The summed E-state index contributed by atoms with van der Waals surface area (Å²) in [5.74, 6) is 0.0480. The van der Waals surface area contributed by atoms with E-state index in [0.717, 1.165) is 6.42 Å². The molecule has 1 aliphatic carbocycles. The van der Waals surface area contributed by atoms with Crippen LogP contribution in [0.1, 0.15) is 6.42 Å². The van der Waals surface area contributed by atoms with Gasteiger partial charge in [0.05, 0.1) is 13.0 Å². The summed E-state index contributed by atoms with van der Waals surface area (Å²) in [6.45, 7) is 0. The molecule has 46 valence electrons. The normalized spacial score (nSPS) is 34.2. The molecule has 0 N–H and O–H groups in total. The van der Waals surface area contributed by atoms with Gasteiger partial charge in [-0.15, -0.1) is 0 Å². The highest BCUT2D eigenvalue weighted by atomic mass is 79.9. The first-order valence-electron chi connectivity index (χ1n) is 2.47. The molecule has 0 amide bonds. The van der Waals surface area contributed by atoms with Crippen molar-refractivity contribution < 1.29 is 9.53 Å². The van der Waals surface area contributed by atoms with Crippen molar-refractivity contribution in [1.29, 1.82) is 0 Å². The van der Waals surface area contributed by atoms with Crippen LogP contribution in [0.3, 0.4) is 0 Å². The maximum atomic E-state index is 10.5. The standard InChI is InChI=1S/C5H7BrO2/c1-8-5(7)3-2-4(3)6/h3-4H,2H2,1H3/t3-,4-/m0/s1. The minimum absolute atomic E-state index is 0.0909. The Morgan fingerprint density at radius 2 is 2.38 bits per heavy atom. The SMILES string of the molecule is COC(=O)[C@H]1C[C@@H]1Br. The van der Waals surface area contributed by atoms with Crippen LogP contribution in [0.4, 0.5) is 0 Å². The van der Waals surface area contributed by atoms with Crippen molar-refractivity contribution in [3.05, 3.63) is 0 Å². The monoisotopic (exact) mass is 178 g/mol. The number of methoxy groups -OCH3 is 1. The van der Waals surface area contributed by atoms with E-state index in [1.165, 1.54) is 7.11 Å². The first-order chi connectivity index (χ1) is 3.75. The first kappa shape index (κ1) is 6.08. The van der Waals surface area contributed by atoms with E-state index in [-0.39, 0.29) is 11.9 Å². The van der Waals surface area contributed by atoms with Crippen molar-refractivity contribution in [3.63, 3.8) is 0 Å². The highest BCUT2D eigenvalue weighted by Gasteiger charge is 2.41. The van der Waals surface area contributed by atoms with Crippen LogP contribution in [-0.4, -0.2) is 17.9 Å². The number of halogens is 1. The van der Waals surface area contributed by atoms with E-state index in [1.807, 2.05) is 0 Å². The van der Waals surface area contributed by atoms with Crippen molar-refractivity contribution in [3.8, 4) is 0 Å². The minimum atomic E-state index is -0.0909. The number of carbonyl (C=O) groups excluding carboxylic acids is 1. The van der Waals surface area contributed by atoms with Gasteiger partial charge in [-0.05, 0) is 6.42 Å². The lowest BCUT2D eigenvalue weighted by molar-refractivity contribution is -0.142. The average Bonchev–Trinajstić information content (AvgIpc) is 2.45. The fourth-order valence-electron chi connectivity index (χ4n) is 0.559. The lowest BCUT2D eigenvalue weighted by atomic mass is 10.4. The summed E-state index contributed by atoms with van der Waals surface area (Å²) < 4.78 is 4.48. The van der Waals surface area contributed by atoms with E-state index in [4.69, 9.17) is 0 Å². The molecule has 0 spiro atoms. The van der Waals surface area contributed by atoms with Gasteiger partial charge in [0, 0.05) is 4.83 Å². The highest BCUT2D eigenvalue weighted by Crippen LogP contribution is 2.38. The molecule has 1 saturated carbocycles. The van der Waals surface area contributed by atoms with E-state index < -0.39 is 0 Å². The fraction of sp³-hybridized carbons (Fsp3) is 0.800. The average molecular weight is 179 g/mol. The van der Waals surface area contributed by atoms with Crippen molar-refractivity contribution in [2.45, 2.75) is 11.2 Å². The van der Waals surface area contributed by atoms with E-state index in [9.17, 15) is 4.79 Å². The summed E-state index contributed by atoms with van der Waals surface area (Å²) >= 11 is 3.29. The van der Waals surface area contributed by atoms with Gasteiger partial charge in [0.2, 0.25) is 0 Å². The van der Waals surface area contributed by atoms with E-state index in [0.29, 0.717) is 4.83 Å². The molecule has 8 heavy (non-hydrogen) atoms. The zero-order chi connectivity index (χ0) is 6.15. The summed E-state index contributed by atoms with van der Waals surface area (Å²) in [5, 5.41) is 0. The number of hydrogen-bond acceptors (Lipinski definition) is 2. The maximum Gasteiger partial charge on any atom is 0.309 e. The zero-order valence-electron chi connectivity index (χ0n) is 4.56. The molecule has 1 fully saturated rings. The molecule has 0 heterocycles. The Morgan fingerprint density at radius 3 is 2.50 bits per heavy atom. The summed E-state index contributed by atoms with van der Waals surface area (Å²) in [4.78, 5) is 10.9. The number of ether oxygens (including phenoxy) is 1. The third-order valence-corrected chi connectivity index (χ3v) is 2.23. The number of carbonyl (C=O) groups is 1. The van der Waals surface area contributed by atoms with E-state index >= 15 is 0 Å². The van der Waals surface area contributed by atoms with Crippen LogP contribution in [0.5, 0.6) is 0 Å². The van der Waals surface area contributed by atoms with Crippen molar-refractivity contribution in [2.24, 2.45) is 5.92 Å². The number of hydrogen-bond donors (Lipinski definition) is 0. The molecule has 0 radical (unpaired) electrons. The van der Waals surface area contributed by atoms with Crippen molar-refractivity contribution in [2.75, 3.05) is 7.11 Å². The van der Waals surface area contributed by atoms with Crippen LogP contribution in [0, 0.1) is 5.92 Å². The Kier molecular flexibility index (Phi) is 1.56. The van der Waals surface area contributed by atoms with Crippen LogP contribution in [0.25, 0.3) is 0 Å². The predicted molar refractivity (Wildman–Crippen MR) is 32.8 cm³/mol. The molecule has 0 saturated heterocycles. The number of esters is 1. The van der Waals surface area contributed by atoms with Gasteiger partial charge in [0.15, 0.2) is 0 Å². The van der Waals surface area contributed by atoms with Crippen LogP contribution in [-0.2, 0) is 9.53 Å². The Balaban J connectivity index is 2.28. The largest absolute Gasteiger partial charge is 0.469 e. The summed E-state index contributed by atoms with van der Waals surface area (Å²) in [6, 6.07) is 0.